The van der Waals surface area contributed by atoms with E-state index < -0.39 is 0 Å². The van der Waals surface area contributed by atoms with Gasteiger partial charge in [-0.25, -0.2) is 0 Å². The number of carbonyl (C=O) groups is 1. The fraction of sp³-hybridized carbons (Fsp3) is 0.467. The Morgan fingerprint density at radius 1 is 1.26 bits per heavy atom. The number of nitrogens with one attached hydrogen (secondary N) is 1. The molecule has 0 spiro atoms. The van der Waals surface area contributed by atoms with Gasteiger partial charge in [-0.2, -0.15) is 10.1 Å². The van der Waals surface area contributed by atoms with Crippen LogP contribution in [0.15, 0.2) is 29.0 Å². The molecule has 1 saturated carbocycles. The molecule has 1 saturated heterocycles. The molecule has 3 heterocycles. The number of anilines is 2. The summed E-state index contributed by atoms with van der Waals surface area (Å²) in [4.78, 5) is 20.7. The van der Waals surface area contributed by atoms with Crippen molar-refractivity contribution in [2.24, 2.45) is 0 Å². The van der Waals surface area contributed by atoms with Crippen LogP contribution in [0.2, 0.25) is 0 Å². The minimum atomic E-state index is -0.0634. The summed E-state index contributed by atoms with van der Waals surface area (Å²) < 4.78 is 5.17. The second-order valence-electron chi connectivity index (χ2n) is 5.81. The molecule has 1 aliphatic carbocycles. The number of carbonyl (C=O) groups excluding carboxylic acids is 1. The molecule has 0 bridgehead atoms. The van der Waals surface area contributed by atoms with Crippen LogP contribution in [0.5, 0.6) is 0 Å². The first-order valence-corrected chi connectivity index (χ1v) is 7.83. The molecule has 2 aromatic heterocycles. The van der Waals surface area contributed by atoms with E-state index in [-0.39, 0.29) is 5.91 Å². The maximum atomic E-state index is 12.3. The van der Waals surface area contributed by atoms with E-state index in [1.807, 2.05) is 0 Å². The number of amides is 1. The third-order valence-electron chi connectivity index (χ3n) is 4.08. The van der Waals surface area contributed by atoms with E-state index in [1.54, 1.807) is 23.2 Å². The summed E-state index contributed by atoms with van der Waals surface area (Å²) in [5, 5.41) is 11.3. The van der Waals surface area contributed by atoms with Crippen LogP contribution in [-0.4, -0.2) is 58.2 Å². The van der Waals surface area contributed by atoms with E-state index in [0.717, 1.165) is 5.82 Å². The number of hydrogen-bond donors (Lipinski definition) is 1. The van der Waals surface area contributed by atoms with Gasteiger partial charge in [-0.15, -0.1) is 5.10 Å². The molecule has 23 heavy (non-hydrogen) atoms. The van der Waals surface area contributed by atoms with E-state index in [9.17, 15) is 4.79 Å². The van der Waals surface area contributed by atoms with Crippen molar-refractivity contribution in [1.82, 2.24) is 20.1 Å². The maximum absolute atomic E-state index is 12.3. The van der Waals surface area contributed by atoms with Crippen LogP contribution in [-0.2, 0) is 0 Å². The molecule has 4 rings (SSSR count). The average Bonchev–Trinajstić information content (AvgIpc) is 3.24. The molecular weight excluding hydrogens is 296 g/mol. The highest BCUT2D eigenvalue weighted by molar-refractivity contribution is 5.91. The summed E-state index contributed by atoms with van der Waals surface area (Å²) in [5.74, 6) is 1.71. The lowest BCUT2D eigenvalue weighted by atomic mass is 10.3. The van der Waals surface area contributed by atoms with Gasteiger partial charge in [0.05, 0.1) is 12.5 Å². The zero-order valence-electron chi connectivity index (χ0n) is 12.7. The molecule has 1 amide bonds. The van der Waals surface area contributed by atoms with E-state index in [2.05, 4.69) is 25.4 Å². The van der Waals surface area contributed by atoms with Crippen LogP contribution < -0.4 is 10.2 Å². The monoisotopic (exact) mass is 314 g/mol. The lowest BCUT2D eigenvalue weighted by Crippen LogP contribution is -2.49. The molecule has 8 nitrogen and oxygen atoms in total. The molecule has 1 N–H and O–H groups in total. The van der Waals surface area contributed by atoms with Crippen molar-refractivity contribution >= 4 is 17.7 Å². The second-order valence-corrected chi connectivity index (χ2v) is 5.81. The molecule has 2 aliphatic rings. The lowest BCUT2D eigenvalue weighted by Gasteiger charge is -2.34. The quantitative estimate of drug-likeness (QED) is 0.900. The molecule has 0 atom stereocenters. The summed E-state index contributed by atoms with van der Waals surface area (Å²) in [5.41, 5.74) is 0. The number of nitrogens with zero attached hydrogens (tertiary/aromatic N) is 5. The highest BCUT2D eigenvalue weighted by Gasteiger charge is 2.25. The Kier molecular flexibility index (Phi) is 3.57. The number of piperazine rings is 1. The van der Waals surface area contributed by atoms with Gasteiger partial charge in [0, 0.05) is 32.2 Å². The van der Waals surface area contributed by atoms with Crippen molar-refractivity contribution < 1.29 is 9.21 Å². The third kappa shape index (κ3) is 3.10. The molecule has 2 aromatic rings. The smallest absolute Gasteiger partial charge is 0.289 e. The normalized spacial score (nSPS) is 18.1. The van der Waals surface area contributed by atoms with Crippen molar-refractivity contribution in [1.29, 1.82) is 0 Å². The van der Waals surface area contributed by atoms with Gasteiger partial charge in [-0.05, 0) is 25.0 Å². The van der Waals surface area contributed by atoms with E-state index in [4.69, 9.17) is 4.42 Å². The van der Waals surface area contributed by atoms with Gasteiger partial charge in [0.2, 0.25) is 5.95 Å². The second kappa shape index (κ2) is 5.86. The topological polar surface area (TPSA) is 87.4 Å². The van der Waals surface area contributed by atoms with Crippen molar-refractivity contribution in [3.8, 4) is 0 Å². The summed E-state index contributed by atoms with van der Waals surface area (Å²) in [7, 11) is 0. The molecule has 0 aromatic carbocycles. The highest BCUT2D eigenvalue weighted by atomic mass is 16.3. The summed E-state index contributed by atoms with van der Waals surface area (Å²) in [6.45, 7) is 2.70. The Labute approximate surface area is 133 Å². The first-order valence-electron chi connectivity index (χ1n) is 7.83. The number of rotatable bonds is 4. The van der Waals surface area contributed by atoms with Gasteiger partial charge >= 0.3 is 0 Å². The number of furan rings is 1. The Balaban J connectivity index is 1.38. The minimum Gasteiger partial charge on any atom is -0.459 e. The Bertz CT molecular complexity index is 677. The zero-order valence-corrected chi connectivity index (χ0v) is 12.7. The largest absolute Gasteiger partial charge is 0.459 e. The van der Waals surface area contributed by atoms with Crippen molar-refractivity contribution in [2.45, 2.75) is 18.9 Å². The van der Waals surface area contributed by atoms with E-state index in [0.29, 0.717) is 43.9 Å². The van der Waals surface area contributed by atoms with Gasteiger partial charge in [-0.3, -0.25) is 4.79 Å². The summed E-state index contributed by atoms with van der Waals surface area (Å²) >= 11 is 0. The maximum Gasteiger partial charge on any atom is 0.289 e. The molecule has 120 valence electrons. The highest BCUT2D eigenvalue weighted by Crippen LogP contribution is 2.23. The SMILES string of the molecule is O=C(c1ccco1)N1CCN(c2cnnc(NC3CC3)n2)CC1. The average molecular weight is 314 g/mol. The van der Waals surface area contributed by atoms with Crippen molar-refractivity contribution in [3.63, 3.8) is 0 Å². The first-order chi connectivity index (χ1) is 11.3. The molecular formula is C15H18N6O2. The molecule has 1 aliphatic heterocycles. The van der Waals surface area contributed by atoms with Crippen LogP contribution >= 0.6 is 0 Å². The lowest BCUT2D eigenvalue weighted by molar-refractivity contribution is 0.0714. The standard InChI is InChI=1S/C15H18N6O2/c22-14(12-2-1-9-23-12)21-7-5-20(6-8-21)13-10-16-19-15(18-13)17-11-3-4-11/h1-2,9-11H,3-8H2,(H,17,18,19). The Morgan fingerprint density at radius 2 is 2.09 bits per heavy atom. The molecule has 0 unspecified atom stereocenters. The van der Waals surface area contributed by atoms with Gasteiger partial charge in [0.1, 0.15) is 0 Å². The predicted octanol–water partition coefficient (Wildman–Crippen LogP) is 1.00. The number of hydrogen-bond acceptors (Lipinski definition) is 7. The van der Waals surface area contributed by atoms with Crippen LogP contribution in [0.4, 0.5) is 11.8 Å². The van der Waals surface area contributed by atoms with Crippen LogP contribution in [0.25, 0.3) is 0 Å². The van der Waals surface area contributed by atoms with Crippen molar-refractivity contribution in [2.75, 3.05) is 36.4 Å². The summed E-state index contributed by atoms with van der Waals surface area (Å²) in [6, 6.07) is 3.92. The molecule has 0 radical (unpaired) electrons. The van der Waals surface area contributed by atoms with Crippen LogP contribution in [0.3, 0.4) is 0 Å². The van der Waals surface area contributed by atoms with Gasteiger partial charge in [0.15, 0.2) is 11.6 Å². The third-order valence-corrected chi connectivity index (χ3v) is 4.08. The minimum absolute atomic E-state index is 0.0634. The van der Waals surface area contributed by atoms with E-state index in [1.165, 1.54) is 19.1 Å². The first kappa shape index (κ1) is 14.0. The van der Waals surface area contributed by atoms with Crippen molar-refractivity contribution in [3.05, 3.63) is 30.4 Å². The fourth-order valence-electron chi connectivity index (χ4n) is 2.61. The predicted molar refractivity (Wildman–Crippen MR) is 83.3 cm³/mol. The van der Waals surface area contributed by atoms with E-state index >= 15 is 0 Å². The van der Waals surface area contributed by atoms with Gasteiger partial charge in [0.25, 0.3) is 5.91 Å². The van der Waals surface area contributed by atoms with Gasteiger partial charge < -0.3 is 19.5 Å². The Morgan fingerprint density at radius 3 is 2.78 bits per heavy atom. The zero-order chi connectivity index (χ0) is 15.6. The Hall–Kier alpha value is -2.64. The van der Waals surface area contributed by atoms with Gasteiger partial charge in [-0.1, -0.05) is 0 Å². The molecule has 2 fully saturated rings. The van der Waals surface area contributed by atoms with Crippen LogP contribution in [0.1, 0.15) is 23.4 Å². The number of aromatic nitrogens is 3. The van der Waals surface area contributed by atoms with Crippen LogP contribution in [0, 0.1) is 0 Å². The molecule has 8 heteroatoms. The fourth-order valence-corrected chi connectivity index (χ4v) is 2.61. The summed E-state index contributed by atoms with van der Waals surface area (Å²) in [6.07, 6.45) is 5.52.